The van der Waals surface area contributed by atoms with Crippen LogP contribution in [0, 0.1) is 17.8 Å². The normalized spacial score (nSPS) is 18.5. The highest BCUT2D eigenvalue weighted by Crippen LogP contribution is 2.37. The van der Waals surface area contributed by atoms with Crippen LogP contribution in [-0.2, 0) is 31.0 Å². The van der Waals surface area contributed by atoms with E-state index >= 15 is 0 Å². The fourth-order valence-electron chi connectivity index (χ4n) is 2.29. The van der Waals surface area contributed by atoms with Gasteiger partial charge in [-0.2, -0.15) is 8.40 Å². The van der Waals surface area contributed by atoms with Crippen LogP contribution in [0.1, 0.15) is 19.8 Å². The first-order valence-electron chi connectivity index (χ1n) is 6.72. The van der Waals surface area contributed by atoms with E-state index < -0.39 is 61.7 Å². The lowest BCUT2D eigenvalue weighted by molar-refractivity contribution is -0.151. The van der Waals surface area contributed by atoms with E-state index in [2.05, 4.69) is 11.8 Å². The molecule has 0 heterocycles. The van der Waals surface area contributed by atoms with Gasteiger partial charge in [0.2, 0.25) is 0 Å². The summed E-state index contributed by atoms with van der Waals surface area (Å²) in [6.45, 7) is 1.42. The lowest BCUT2D eigenvalue weighted by Crippen LogP contribution is -2.38. The molecule has 0 amide bonds. The van der Waals surface area contributed by atoms with Gasteiger partial charge in [0, 0.05) is 15.1 Å². The van der Waals surface area contributed by atoms with Crippen molar-refractivity contribution in [2.75, 3.05) is 0 Å². The monoisotopic (exact) mass is 367 g/mol. The van der Waals surface area contributed by atoms with E-state index in [0.29, 0.717) is 0 Å². The molecule has 122 valence electrons. The van der Waals surface area contributed by atoms with E-state index in [1.807, 2.05) is 0 Å². The maximum absolute atomic E-state index is 11.5. The summed E-state index contributed by atoms with van der Waals surface area (Å²) in [5.74, 6) is -7.45. The first-order valence-corrected chi connectivity index (χ1v) is 9.60. The Morgan fingerprint density at radius 3 is 2.00 bits per heavy atom. The molecule has 0 aliphatic rings. The molecule has 3 N–H and O–H groups in total. The number of carboxylic acids is 3. The Morgan fingerprint density at radius 2 is 1.68 bits per heavy atom. The summed E-state index contributed by atoms with van der Waals surface area (Å²) in [6, 6.07) is 0. The van der Waals surface area contributed by atoms with Crippen LogP contribution < -0.4 is 0 Å². The number of hydrogen-bond acceptors (Lipinski definition) is 5. The maximum atomic E-state index is 11.5. The fourth-order valence-corrected chi connectivity index (χ4v) is 4.05. The molecule has 0 saturated carbocycles. The van der Waals surface area contributed by atoms with Crippen molar-refractivity contribution in [1.29, 1.82) is 1.28 Å². The van der Waals surface area contributed by atoms with Gasteiger partial charge in [0.25, 0.3) is 0 Å². The second-order valence-electron chi connectivity index (χ2n) is 4.78. The van der Waals surface area contributed by atoms with Crippen molar-refractivity contribution < 1.29 is 34.5 Å². The van der Waals surface area contributed by atoms with Gasteiger partial charge >= 0.3 is 17.9 Å². The molecule has 0 radical (unpaired) electrons. The second-order valence-corrected chi connectivity index (χ2v) is 7.13. The summed E-state index contributed by atoms with van der Waals surface area (Å²) >= 11 is 4.56. The molecular weight excluding hydrogens is 349 g/mol. The van der Waals surface area contributed by atoms with Crippen LogP contribution >= 0.6 is 15.8 Å². The summed E-state index contributed by atoms with van der Waals surface area (Å²) in [4.78, 5) is 45.2. The van der Waals surface area contributed by atoms with Crippen molar-refractivity contribution in [2.45, 2.75) is 25.4 Å². The summed E-state index contributed by atoms with van der Waals surface area (Å²) in [6.07, 6.45) is -1.06. The number of carbonyl (C=O) groups is 4. The predicted molar refractivity (Wildman–Crippen MR) is 88.2 cm³/mol. The molecule has 0 fully saturated rings. The minimum atomic E-state index is -1.67. The Morgan fingerprint density at radius 1 is 1.18 bits per heavy atom. The zero-order valence-electron chi connectivity index (χ0n) is 13.0. The van der Waals surface area contributed by atoms with Gasteiger partial charge in [-0.25, -0.2) is 0 Å². The van der Waals surface area contributed by atoms with E-state index in [-0.39, 0.29) is 13.8 Å². The first-order chi connectivity index (χ1) is 10.5. The molecule has 5 unspecified atom stereocenters. The lowest BCUT2D eigenvalue weighted by Gasteiger charge is -2.31. The SMILES string of the molecule is [2H]P(B)C(C(CC(=O)P=S)C(=O)O)C(C)C(CC(=O)O)C(=O)O. The molecule has 22 heavy (non-hydrogen) atoms. The Bertz CT molecular complexity index is 505. The van der Waals surface area contributed by atoms with E-state index in [1.165, 1.54) is 14.5 Å². The topological polar surface area (TPSA) is 129 Å². The molecule has 11 heteroatoms. The summed E-state index contributed by atoms with van der Waals surface area (Å²) < 4.78 is 7.93. The zero-order chi connectivity index (χ0) is 18.3. The lowest BCUT2D eigenvalue weighted by atomic mass is 9.82. The van der Waals surface area contributed by atoms with E-state index in [4.69, 9.17) is 6.39 Å². The number of aliphatic carboxylic acids is 3. The Kier molecular flexibility index (Phi) is 8.68. The van der Waals surface area contributed by atoms with Gasteiger partial charge in [0.1, 0.15) is 7.57 Å². The molecule has 0 spiro atoms. The van der Waals surface area contributed by atoms with Crippen LogP contribution in [0.5, 0.6) is 0 Å². The molecule has 0 bridgehead atoms. The highest BCUT2D eigenvalue weighted by Gasteiger charge is 2.39. The van der Waals surface area contributed by atoms with Crippen molar-refractivity contribution in [1.82, 2.24) is 0 Å². The molecule has 0 aliphatic heterocycles. The smallest absolute Gasteiger partial charge is 0.307 e. The highest BCUT2D eigenvalue weighted by molar-refractivity contribution is 8.03. The number of carboxylic acid groups (broad SMARTS) is 3. The average molecular weight is 367 g/mol. The van der Waals surface area contributed by atoms with Crippen LogP contribution in [-0.4, -0.2) is 53.3 Å². The molecule has 0 saturated heterocycles. The Balaban J connectivity index is 5.66. The van der Waals surface area contributed by atoms with E-state index in [9.17, 15) is 29.4 Å². The van der Waals surface area contributed by atoms with Gasteiger partial charge in [-0.05, 0) is 23.4 Å². The summed E-state index contributed by atoms with van der Waals surface area (Å²) in [5.41, 5.74) is -1.42. The molecule has 0 aromatic rings. The molecule has 0 aromatic heterocycles. The number of hydrogen-bond donors (Lipinski definition) is 3. The molecular formula is C11H17BO7P2S. The van der Waals surface area contributed by atoms with Gasteiger partial charge in [0.15, 0.2) is 5.52 Å². The van der Waals surface area contributed by atoms with Crippen molar-refractivity contribution >= 4 is 58.6 Å². The standard InChI is InChI=1S/C11H17BO7P2S/c1-4(5(10(16)17)2-7(13)14)9(20-12)6(11(18)19)3-8(15)21-22/h4-6,9,20H,2-3,12H2,1H3,(H,13,14)(H,16,17)(H,18,19)/i20D. The largest absolute Gasteiger partial charge is 0.481 e. The minimum Gasteiger partial charge on any atom is -0.481 e. The molecule has 0 rings (SSSR count). The number of rotatable bonds is 11. The van der Waals surface area contributed by atoms with Gasteiger partial charge in [-0.15, -0.1) is 0 Å². The molecule has 0 aromatic carbocycles. The van der Waals surface area contributed by atoms with Crippen molar-refractivity contribution in [3.63, 3.8) is 0 Å². The van der Waals surface area contributed by atoms with E-state index in [0.717, 1.165) is 0 Å². The fraction of sp³-hybridized carbons (Fsp3) is 0.636. The summed E-state index contributed by atoms with van der Waals surface area (Å²) in [7, 11) is -0.233. The van der Waals surface area contributed by atoms with Gasteiger partial charge in [-0.1, -0.05) is 6.92 Å². The summed E-state index contributed by atoms with van der Waals surface area (Å²) in [5, 5.41) is 27.4. The van der Waals surface area contributed by atoms with E-state index in [1.54, 1.807) is 0 Å². The van der Waals surface area contributed by atoms with Gasteiger partial charge < -0.3 is 15.3 Å². The maximum Gasteiger partial charge on any atom is 0.307 e. The van der Waals surface area contributed by atoms with Gasteiger partial charge in [0.05, 0.1) is 18.3 Å². The zero-order valence-corrected chi connectivity index (χ0v) is 14.6. The van der Waals surface area contributed by atoms with Crippen LogP contribution in [0.25, 0.3) is 0 Å². The quantitative estimate of drug-likeness (QED) is 0.354. The minimum absolute atomic E-state index is 0.0235. The second kappa shape index (κ2) is 9.98. The average Bonchev–Trinajstić information content (AvgIpc) is 2.42. The third-order valence-corrected chi connectivity index (χ3v) is 5.83. The van der Waals surface area contributed by atoms with Crippen LogP contribution in [0.15, 0.2) is 0 Å². The number of carbonyl (C=O) groups excluding carboxylic acids is 1. The third kappa shape index (κ3) is 6.47. The van der Waals surface area contributed by atoms with Crippen LogP contribution in [0.4, 0.5) is 0 Å². The van der Waals surface area contributed by atoms with Crippen LogP contribution in [0.3, 0.4) is 0 Å². The first kappa shape index (κ1) is 19.1. The van der Waals surface area contributed by atoms with Crippen molar-refractivity contribution in [3.8, 4) is 0 Å². The van der Waals surface area contributed by atoms with Gasteiger partial charge in [-0.3, -0.25) is 19.2 Å². The third-order valence-electron chi connectivity index (χ3n) is 3.41. The van der Waals surface area contributed by atoms with Crippen LogP contribution in [0.2, 0.25) is 0 Å². The molecule has 5 atom stereocenters. The van der Waals surface area contributed by atoms with Crippen molar-refractivity contribution in [2.24, 2.45) is 17.8 Å². The predicted octanol–water partition coefficient (Wildman–Crippen LogP) is 0.419. The Labute approximate surface area is 138 Å². The Hall–Kier alpha value is -0.905. The molecule has 7 nitrogen and oxygen atoms in total. The highest BCUT2D eigenvalue weighted by atomic mass is 32.4. The van der Waals surface area contributed by atoms with Crippen molar-refractivity contribution in [3.05, 3.63) is 0 Å². The molecule has 0 aliphatic carbocycles.